The molecule has 0 saturated carbocycles. The van der Waals surface area contributed by atoms with Crippen LogP contribution in [0.5, 0.6) is 0 Å². The van der Waals surface area contributed by atoms with E-state index in [4.69, 9.17) is 4.89 Å². The van der Waals surface area contributed by atoms with Gasteiger partial charge in [-0.3, -0.25) is 14.6 Å². The predicted octanol–water partition coefficient (Wildman–Crippen LogP) is -0.103. The Morgan fingerprint density at radius 2 is 2.13 bits per heavy atom. The van der Waals surface area contributed by atoms with Crippen LogP contribution >= 0.6 is 7.82 Å². The van der Waals surface area contributed by atoms with Crippen LogP contribution in [-0.4, -0.2) is 41.4 Å². The van der Waals surface area contributed by atoms with E-state index in [1.165, 1.54) is 4.90 Å². The quantitative estimate of drug-likeness (QED) is 0.670. The molecule has 0 spiro atoms. The van der Waals surface area contributed by atoms with Gasteiger partial charge in [-0.25, -0.2) is 9.36 Å². The van der Waals surface area contributed by atoms with E-state index in [0.717, 1.165) is 0 Å². The fourth-order valence-corrected chi connectivity index (χ4v) is 1.87. The Labute approximate surface area is 86.6 Å². The van der Waals surface area contributed by atoms with Crippen LogP contribution in [0.25, 0.3) is 0 Å². The SMILES string of the molecule is CCN(C)C1CC(=O)OP(=O)(O)OC1=O. The lowest BCUT2D eigenvalue weighted by Crippen LogP contribution is -2.39. The third-order valence-corrected chi connectivity index (χ3v) is 2.93. The molecule has 2 unspecified atom stereocenters. The Morgan fingerprint density at radius 3 is 2.67 bits per heavy atom. The highest BCUT2D eigenvalue weighted by Crippen LogP contribution is 2.46. The standard InChI is InChI=1S/C7H12NO6P/c1-3-8(2)5-4-6(9)13-15(11,12)14-7(5)10/h5H,3-4H2,1-2H3,(H,11,12). The maximum absolute atomic E-state index is 11.3. The summed E-state index contributed by atoms with van der Waals surface area (Å²) in [6.45, 7) is 2.28. The van der Waals surface area contributed by atoms with Gasteiger partial charge in [-0.2, -0.15) is 0 Å². The number of rotatable bonds is 2. The van der Waals surface area contributed by atoms with Gasteiger partial charge in [0.05, 0.1) is 6.42 Å². The number of nitrogens with zero attached hydrogens (tertiary/aromatic N) is 1. The highest BCUT2D eigenvalue weighted by molar-refractivity contribution is 7.48. The normalized spacial score (nSPS) is 32.1. The van der Waals surface area contributed by atoms with Crippen molar-refractivity contribution in [3.63, 3.8) is 0 Å². The summed E-state index contributed by atoms with van der Waals surface area (Å²) in [7, 11) is -2.95. The predicted molar refractivity (Wildman–Crippen MR) is 48.7 cm³/mol. The van der Waals surface area contributed by atoms with E-state index in [1.807, 2.05) is 0 Å². The molecule has 1 aliphatic heterocycles. The van der Waals surface area contributed by atoms with Gasteiger partial charge >= 0.3 is 19.8 Å². The van der Waals surface area contributed by atoms with E-state index < -0.39 is 25.8 Å². The van der Waals surface area contributed by atoms with Crippen LogP contribution in [0, 0.1) is 0 Å². The summed E-state index contributed by atoms with van der Waals surface area (Å²) in [6.07, 6.45) is -0.284. The molecule has 1 rings (SSSR count). The van der Waals surface area contributed by atoms with Crippen molar-refractivity contribution in [3.8, 4) is 0 Å². The number of phosphoric ester groups is 1. The second-order valence-corrected chi connectivity index (χ2v) is 4.44. The number of hydrogen-bond donors (Lipinski definition) is 1. The number of phosphoric acid groups is 1. The van der Waals surface area contributed by atoms with Crippen molar-refractivity contribution in [1.29, 1.82) is 0 Å². The van der Waals surface area contributed by atoms with Crippen molar-refractivity contribution in [1.82, 2.24) is 4.90 Å². The highest BCUT2D eigenvalue weighted by atomic mass is 31.2. The molecule has 1 heterocycles. The summed E-state index contributed by atoms with van der Waals surface area (Å²) in [5.74, 6) is -1.84. The van der Waals surface area contributed by atoms with Crippen molar-refractivity contribution in [2.45, 2.75) is 19.4 Å². The average molecular weight is 237 g/mol. The number of carbonyl (C=O) groups excluding carboxylic acids is 2. The van der Waals surface area contributed by atoms with Gasteiger partial charge in [0.15, 0.2) is 0 Å². The van der Waals surface area contributed by atoms with E-state index in [1.54, 1.807) is 14.0 Å². The Balaban J connectivity index is 2.89. The van der Waals surface area contributed by atoms with Crippen LogP contribution < -0.4 is 0 Å². The Bertz CT molecular complexity index is 329. The first-order valence-corrected chi connectivity index (χ1v) is 5.84. The Morgan fingerprint density at radius 1 is 1.53 bits per heavy atom. The van der Waals surface area contributed by atoms with Gasteiger partial charge in [0.25, 0.3) is 0 Å². The van der Waals surface area contributed by atoms with Crippen molar-refractivity contribution >= 4 is 19.8 Å². The maximum Gasteiger partial charge on any atom is 0.589 e. The molecule has 86 valence electrons. The van der Waals surface area contributed by atoms with Crippen molar-refractivity contribution < 1.29 is 28.1 Å². The van der Waals surface area contributed by atoms with Gasteiger partial charge < -0.3 is 9.05 Å². The largest absolute Gasteiger partial charge is 0.589 e. The molecule has 0 aliphatic carbocycles. The van der Waals surface area contributed by atoms with Crippen LogP contribution in [-0.2, 0) is 23.2 Å². The molecule has 1 saturated heterocycles. The molecule has 1 aliphatic rings. The fraction of sp³-hybridized carbons (Fsp3) is 0.714. The minimum atomic E-state index is -4.56. The number of hydrogen-bond acceptors (Lipinski definition) is 6. The van der Waals surface area contributed by atoms with E-state index in [2.05, 4.69) is 9.05 Å². The van der Waals surface area contributed by atoms with Crippen LogP contribution in [0.4, 0.5) is 0 Å². The first-order chi connectivity index (χ1) is 6.85. The second kappa shape index (κ2) is 4.30. The minimum absolute atomic E-state index is 0.284. The van der Waals surface area contributed by atoms with E-state index in [-0.39, 0.29) is 6.42 Å². The molecule has 0 amide bonds. The van der Waals surface area contributed by atoms with E-state index >= 15 is 0 Å². The monoisotopic (exact) mass is 237 g/mol. The lowest BCUT2D eigenvalue weighted by molar-refractivity contribution is -0.141. The molecule has 0 aromatic rings. The molecule has 7 nitrogen and oxygen atoms in total. The third kappa shape index (κ3) is 3.02. The molecular formula is C7H12NO6P. The van der Waals surface area contributed by atoms with Crippen LogP contribution in [0.3, 0.4) is 0 Å². The molecule has 1 fully saturated rings. The van der Waals surface area contributed by atoms with Crippen molar-refractivity contribution in [2.24, 2.45) is 0 Å². The molecule has 1 N–H and O–H groups in total. The summed E-state index contributed by atoms with van der Waals surface area (Å²) >= 11 is 0. The zero-order chi connectivity index (χ0) is 11.6. The molecule has 15 heavy (non-hydrogen) atoms. The zero-order valence-corrected chi connectivity index (χ0v) is 9.27. The van der Waals surface area contributed by atoms with Gasteiger partial charge in [-0.15, -0.1) is 0 Å². The molecule has 2 atom stereocenters. The lowest BCUT2D eigenvalue weighted by Gasteiger charge is -2.21. The van der Waals surface area contributed by atoms with E-state index in [9.17, 15) is 14.2 Å². The van der Waals surface area contributed by atoms with Gasteiger partial charge in [0.1, 0.15) is 6.04 Å². The third-order valence-electron chi connectivity index (χ3n) is 2.09. The van der Waals surface area contributed by atoms with Crippen LogP contribution in [0.1, 0.15) is 13.3 Å². The summed E-state index contributed by atoms with van der Waals surface area (Å²) in [5, 5.41) is 0. The summed E-state index contributed by atoms with van der Waals surface area (Å²) in [6, 6.07) is -0.870. The minimum Gasteiger partial charge on any atom is -0.361 e. The summed E-state index contributed by atoms with van der Waals surface area (Å²) in [5.41, 5.74) is 0. The van der Waals surface area contributed by atoms with Crippen molar-refractivity contribution in [3.05, 3.63) is 0 Å². The molecule has 0 aromatic carbocycles. The fourth-order valence-electron chi connectivity index (χ4n) is 1.16. The van der Waals surface area contributed by atoms with Gasteiger partial charge in [0.2, 0.25) is 0 Å². The first kappa shape index (κ1) is 12.2. The molecule has 8 heteroatoms. The smallest absolute Gasteiger partial charge is 0.361 e. The number of carbonyl (C=O) groups is 2. The zero-order valence-electron chi connectivity index (χ0n) is 8.37. The molecule has 0 radical (unpaired) electrons. The van der Waals surface area contributed by atoms with Gasteiger partial charge in [0, 0.05) is 0 Å². The highest BCUT2D eigenvalue weighted by Gasteiger charge is 2.41. The maximum atomic E-state index is 11.3. The second-order valence-electron chi connectivity index (χ2n) is 3.14. The van der Waals surface area contributed by atoms with Crippen LogP contribution in [0.2, 0.25) is 0 Å². The van der Waals surface area contributed by atoms with E-state index in [0.29, 0.717) is 6.54 Å². The first-order valence-electron chi connectivity index (χ1n) is 4.34. The van der Waals surface area contributed by atoms with Crippen molar-refractivity contribution in [2.75, 3.05) is 13.6 Å². The Kier molecular flexibility index (Phi) is 3.49. The Hall–Kier alpha value is -0.910. The average Bonchev–Trinajstić information content (AvgIpc) is 2.19. The molecule has 0 aromatic heterocycles. The van der Waals surface area contributed by atoms with Gasteiger partial charge in [-0.1, -0.05) is 6.92 Å². The molecule has 0 bridgehead atoms. The summed E-state index contributed by atoms with van der Waals surface area (Å²) in [4.78, 5) is 32.9. The lowest BCUT2D eigenvalue weighted by atomic mass is 10.2. The van der Waals surface area contributed by atoms with Gasteiger partial charge in [-0.05, 0) is 13.6 Å². The molecular weight excluding hydrogens is 225 g/mol. The van der Waals surface area contributed by atoms with Crippen LogP contribution in [0.15, 0.2) is 0 Å². The number of likely N-dealkylation sites (N-methyl/N-ethyl adjacent to an activating group) is 1. The topological polar surface area (TPSA) is 93.1 Å². The summed E-state index contributed by atoms with van der Waals surface area (Å²) < 4.78 is 19.3.